The van der Waals surface area contributed by atoms with Gasteiger partial charge in [-0.3, -0.25) is 24.0 Å². The van der Waals surface area contributed by atoms with Crippen molar-refractivity contribution in [1.82, 2.24) is 25.0 Å². The molecule has 3 amide bonds. The third kappa shape index (κ3) is 4.11. The van der Waals surface area contributed by atoms with Crippen LogP contribution >= 0.6 is 0 Å². The first-order valence-corrected chi connectivity index (χ1v) is 11.5. The largest absolute Gasteiger partial charge is 0.417 e. The topological polar surface area (TPSA) is 143 Å². The van der Waals surface area contributed by atoms with Gasteiger partial charge in [0.15, 0.2) is 11.3 Å². The number of primary amides is 1. The zero-order chi connectivity index (χ0) is 25.1. The van der Waals surface area contributed by atoms with E-state index < -0.39 is 54.4 Å². The Morgan fingerprint density at radius 1 is 1.29 bits per heavy atom. The molecule has 0 bridgehead atoms. The Morgan fingerprint density at radius 2 is 2.06 bits per heavy atom. The molecule has 2 aromatic rings. The van der Waals surface area contributed by atoms with E-state index in [2.05, 4.69) is 15.4 Å². The molecule has 10 nitrogen and oxygen atoms in total. The van der Waals surface area contributed by atoms with E-state index in [1.165, 1.54) is 22.0 Å². The minimum absolute atomic E-state index is 0.00432. The fraction of sp³-hybridized carbons (Fsp3) is 0.591. The van der Waals surface area contributed by atoms with E-state index in [1.807, 2.05) is 0 Å². The molecule has 4 N–H and O–H groups in total. The number of alkyl halides is 3. The number of aromatic nitrogens is 3. The van der Waals surface area contributed by atoms with Gasteiger partial charge in [-0.15, -0.1) is 0 Å². The highest BCUT2D eigenvalue weighted by atomic mass is 19.4. The fourth-order valence-corrected chi connectivity index (χ4v) is 5.51. The fourth-order valence-electron chi connectivity index (χ4n) is 5.51. The van der Waals surface area contributed by atoms with Gasteiger partial charge in [-0.25, -0.2) is 0 Å². The molecule has 13 heteroatoms. The average molecular weight is 494 g/mol. The third-order valence-electron chi connectivity index (χ3n) is 7.37. The number of fused-ring (bicyclic) bond motifs is 2. The Labute approximate surface area is 197 Å². The highest BCUT2D eigenvalue weighted by Gasteiger charge is 2.58. The molecular weight excluding hydrogens is 469 g/mol. The van der Waals surface area contributed by atoms with Crippen molar-refractivity contribution in [2.24, 2.45) is 11.7 Å². The zero-order valence-electron chi connectivity index (χ0n) is 18.7. The Morgan fingerprint density at radius 3 is 2.77 bits per heavy atom. The molecule has 188 valence electrons. The van der Waals surface area contributed by atoms with Crippen LogP contribution in [0, 0.1) is 5.92 Å². The van der Waals surface area contributed by atoms with Gasteiger partial charge in [-0.1, -0.05) is 0 Å². The molecule has 2 unspecified atom stereocenters. The Hall–Kier alpha value is -3.22. The van der Waals surface area contributed by atoms with Crippen molar-refractivity contribution in [3.8, 4) is 0 Å². The minimum atomic E-state index is -4.78. The quantitative estimate of drug-likeness (QED) is 0.563. The number of amides is 3. The zero-order valence-corrected chi connectivity index (χ0v) is 18.7. The molecule has 2 aromatic heterocycles. The molecule has 3 heterocycles. The summed E-state index contributed by atoms with van der Waals surface area (Å²) < 4.78 is 41.1. The van der Waals surface area contributed by atoms with Crippen LogP contribution in [0.1, 0.15) is 49.0 Å². The number of hydrogen-bond donors (Lipinski definition) is 3. The highest BCUT2D eigenvalue weighted by molar-refractivity contribution is 6.04. The van der Waals surface area contributed by atoms with Gasteiger partial charge < -0.3 is 21.1 Å². The number of carbonyl (C=O) groups is 3. The molecule has 2 aliphatic carbocycles. The smallest absolute Gasteiger partial charge is 0.380 e. The summed E-state index contributed by atoms with van der Waals surface area (Å²) in [7, 11) is 0. The first-order chi connectivity index (χ1) is 16.5. The highest BCUT2D eigenvalue weighted by Crippen LogP contribution is 2.48. The lowest BCUT2D eigenvalue weighted by molar-refractivity contribution is -0.271. The Kier molecular flexibility index (Phi) is 5.49. The van der Waals surface area contributed by atoms with Crippen LogP contribution in [0.4, 0.5) is 13.2 Å². The lowest BCUT2D eigenvalue weighted by atomic mass is 9.81. The molecule has 3 aliphatic rings. The maximum absolute atomic E-state index is 13.3. The van der Waals surface area contributed by atoms with E-state index in [0.29, 0.717) is 23.7 Å². The molecule has 5 rings (SSSR count). The minimum Gasteiger partial charge on any atom is -0.380 e. The summed E-state index contributed by atoms with van der Waals surface area (Å²) in [5.41, 5.74) is 3.02. The van der Waals surface area contributed by atoms with Crippen LogP contribution in [0.5, 0.6) is 0 Å². The van der Waals surface area contributed by atoms with Crippen LogP contribution in [0.15, 0.2) is 18.5 Å². The van der Waals surface area contributed by atoms with Gasteiger partial charge in [0.05, 0.1) is 11.7 Å². The summed E-state index contributed by atoms with van der Waals surface area (Å²) in [5, 5.41) is 17.3. The van der Waals surface area contributed by atoms with Crippen molar-refractivity contribution in [3.63, 3.8) is 0 Å². The van der Waals surface area contributed by atoms with Gasteiger partial charge in [-0.05, 0) is 44.1 Å². The van der Waals surface area contributed by atoms with Crippen molar-refractivity contribution < 1.29 is 32.7 Å². The Bertz CT molecular complexity index is 1200. The first-order valence-electron chi connectivity index (χ1n) is 11.5. The number of piperidine rings is 1. The number of pyridine rings is 1. The molecule has 1 saturated heterocycles. The van der Waals surface area contributed by atoms with Gasteiger partial charge in [0.2, 0.25) is 11.8 Å². The normalized spacial score (nSPS) is 30.2. The second-order valence-corrected chi connectivity index (χ2v) is 9.71. The van der Waals surface area contributed by atoms with Crippen LogP contribution in [-0.2, 0) is 16.1 Å². The molecule has 2 saturated carbocycles. The maximum Gasteiger partial charge on any atom is 0.417 e. The van der Waals surface area contributed by atoms with Crippen molar-refractivity contribution in [1.29, 1.82) is 0 Å². The lowest BCUT2D eigenvalue weighted by Crippen LogP contribution is -2.56. The first kappa shape index (κ1) is 23.5. The van der Waals surface area contributed by atoms with E-state index >= 15 is 0 Å². The molecule has 1 aliphatic heterocycles. The predicted octanol–water partition coefficient (Wildman–Crippen LogP) is 0.872. The molecular formula is C22H25F3N6O4. The van der Waals surface area contributed by atoms with Crippen molar-refractivity contribution in [2.45, 2.75) is 75.0 Å². The van der Waals surface area contributed by atoms with Crippen LogP contribution in [0.2, 0.25) is 0 Å². The number of hydrogen-bond acceptors (Lipinski definition) is 6. The van der Waals surface area contributed by atoms with E-state index in [-0.39, 0.29) is 30.6 Å². The summed E-state index contributed by atoms with van der Waals surface area (Å²) in [6.45, 7) is -0.250. The van der Waals surface area contributed by atoms with Crippen molar-refractivity contribution in [2.75, 3.05) is 0 Å². The Balaban J connectivity index is 1.31. The van der Waals surface area contributed by atoms with E-state index in [9.17, 15) is 32.7 Å². The molecule has 35 heavy (non-hydrogen) atoms. The number of nitrogens with one attached hydrogen (secondary N) is 1. The molecule has 0 aromatic carbocycles. The van der Waals surface area contributed by atoms with Crippen molar-refractivity contribution >= 4 is 28.6 Å². The van der Waals surface area contributed by atoms with Gasteiger partial charge in [0.1, 0.15) is 12.6 Å². The number of halogens is 3. The third-order valence-corrected chi connectivity index (χ3v) is 7.37. The number of rotatable bonds is 5. The molecule has 0 spiro atoms. The van der Waals surface area contributed by atoms with Gasteiger partial charge in [0.25, 0.3) is 5.91 Å². The average Bonchev–Trinajstić information content (AvgIpc) is 3.28. The second kappa shape index (κ2) is 8.18. The number of likely N-dealkylation sites (tertiary alicyclic amines) is 1. The summed E-state index contributed by atoms with van der Waals surface area (Å²) in [6.07, 6.45) is -1.24. The number of carbonyl (C=O) groups excluding carboxylic acids is 3. The van der Waals surface area contributed by atoms with Crippen molar-refractivity contribution in [3.05, 3.63) is 24.2 Å². The van der Waals surface area contributed by atoms with Crippen LogP contribution in [-0.4, -0.2) is 72.4 Å². The molecule has 0 radical (unpaired) electrons. The number of nitrogens with zero attached hydrogens (tertiary/aromatic N) is 4. The van der Waals surface area contributed by atoms with Gasteiger partial charge >= 0.3 is 6.18 Å². The second-order valence-electron chi connectivity index (χ2n) is 9.71. The maximum atomic E-state index is 13.3. The number of nitrogens with two attached hydrogens (primary N) is 1. The summed E-state index contributed by atoms with van der Waals surface area (Å²) in [4.78, 5) is 43.6. The molecule has 3 fully saturated rings. The van der Waals surface area contributed by atoms with E-state index in [4.69, 9.17) is 5.73 Å². The number of aliphatic hydroxyl groups is 1. The van der Waals surface area contributed by atoms with Gasteiger partial charge in [0, 0.05) is 30.1 Å². The van der Waals surface area contributed by atoms with Crippen LogP contribution in [0.25, 0.3) is 10.9 Å². The van der Waals surface area contributed by atoms with Crippen LogP contribution in [0.3, 0.4) is 0 Å². The summed E-state index contributed by atoms with van der Waals surface area (Å²) in [6, 6.07) is -0.204. The predicted molar refractivity (Wildman–Crippen MR) is 115 cm³/mol. The summed E-state index contributed by atoms with van der Waals surface area (Å²) >= 11 is 0. The van der Waals surface area contributed by atoms with E-state index in [0.717, 1.165) is 6.42 Å². The monoisotopic (exact) mass is 494 g/mol. The van der Waals surface area contributed by atoms with Crippen LogP contribution < -0.4 is 11.1 Å². The van der Waals surface area contributed by atoms with E-state index in [1.54, 1.807) is 6.07 Å². The molecule has 5 atom stereocenters. The summed E-state index contributed by atoms with van der Waals surface area (Å²) in [5.74, 6) is -1.51. The van der Waals surface area contributed by atoms with Gasteiger partial charge in [-0.2, -0.15) is 18.3 Å². The SMILES string of the molecule is NC(=O)c1nn(CC(=O)N2[C@@H]3C[C@@H]3C[C@H]2C(=O)NC2CCCC(O)(C(F)(F)F)C2)c2cnccc12. The lowest BCUT2D eigenvalue weighted by Gasteiger charge is -2.39. The standard InChI is InChI=1S/C22H25F3N6O4/c23-22(24,25)21(35)4-1-2-12(8-21)28-20(34)15-7-11-6-14(11)31(15)17(32)10-30-16-9-27-5-3-13(16)18(29-30)19(26)33/h3,5,9,11-12,14-15,35H,1-2,4,6-8,10H2,(H2,26,33)(H,28,34)/t11-,12?,14-,15+,21?/m1/s1.